The number of ketones is 1. The molecule has 0 amide bonds. The molecule has 1 saturated heterocycles. The maximum absolute atomic E-state index is 11.4. The molecule has 1 aromatic rings. The molecule has 0 N–H and O–H groups in total. The molecular formula is C17H25ClN2OS. The molecule has 1 heterocycles. The molecule has 0 aliphatic carbocycles. The number of carbonyl (C=O) groups excluding carboxylic acids is 1. The normalized spacial score (nSPS) is 20.9. The first-order chi connectivity index (χ1) is 9.93. The van der Waals surface area contributed by atoms with Gasteiger partial charge >= 0.3 is 0 Å². The van der Waals surface area contributed by atoms with Gasteiger partial charge in [0.05, 0.1) is 5.69 Å². The Morgan fingerprint density at radius 3 is 2.73 bits per heavy atom. The van der Waals surface area contributed by atoms with Gasteiger partial charge in [-0.2, -0.15) is 0 Å². The fourth-order valence-electron chi connectivity index (χ4n) is 2.55. The van der Waals surface area contributed by atoms with Gasteiger partial charge in [0.1, 0.15) is 0 Å². The molecule has 0 spiro atoms. The molecule has 1 aromatic carbocycles. The summed E-state index contributed by atoms with van der Waals surface area (Å²) in [7, 11) is 2.13. The maximum Gasteiger partial charge on any atom is 0.164 e. The summed E-state index contributed by atoms with van der Waals surface area (Å²) in [5.41, 5.74) is 2.76. The van der Waals surface area contributed by atoms with Gasteiger partial charge in [-0.25, -0.2) is 4.99 Å². The van der Waals surface area contributed by atoms with E-state index in [1.807, 2.05) is 36.9 Å². The average Bonchev–Trinajstić information content (AvgIpc) is 2.81. The van der Waals surface area contributed by atoms with Crippen LogP contribution in [0.3, 0.4) is 0 Å². The second-order valence-electron chi connectivity index (χ2n) is 5.83. The van der Waals surface area contributed by atoms with Crippen molar-refractivity contribution in [2.45, 2.75) is 40.2 Å². The lowest BCUT2D eigenvalue weighted by molar-refractivity contribution is 0.101. The first kappa shape index (κ1) is 19.0. The Morgan fingerprint density at radius 1 is 1.50 bits per heavy atom. The lowest BCUT2D eigenvalue weighted by atomic mass is 10.0. The van der Waals surface area contributed by atoms with E-state index in [9.17, 15) is 4.79 Å². The van der Waals surface area contributed by atoms with Gasteiger partial charge in [0.2, 0.25) is 0 Å². The smallest absolute Gasteiger partial charge is 0.164 e. The van der Waals surface area contributed by atoms with Gasteiger partial charge in [0.25, 0.3) is 0 Å². The van der Waals surface area contributed by atoms with Crippen LogP contribution in [0.1, 0.15) is 43.1 Å². The maximum atomic E-state index is 11.4. The summed E-state index contributed by atoms with van der Waals surface area (Å²) in [6, 6.07) is 6.30. The van der Waals surface area contributed by atoms with E-state index in [1.165, 1.54) is 6.42 Å². The van der Waals surface area contributed by atoms with Gasteiger partial charge in [-0.3, -0.25) is 4.79 Å². The molecule has 1 aliphatic heterocycles. The summed E-state index contributed by atoms with van der Waals surface area (Å²) in [6.45, 7) is 8.15. The Bertz CT molecular complexity index is 574. The van der Waals surface area contributed by atoms with Gasteiger partial charge in [0.15, 0.2) is 11.0 Å². The Hall–Kier alpha value is -1.00. The lowest BCUT2D eigenvalue weighted by Crippen LogP contribution is -2.34. The molecule has 3 nitrogen and oxygen atoms in total. The molecule has 0 aromatic heterocycles. The van der Waals surface area contributed by atoms with Crippen molar-refractivity contribution >= 4 is 40.8 Å². The molecule has 22 heavy (non-hydrogen) atoms. The third-order valence-electron chi connectivity index (χ3n) is 4.30. The van der Waals surface area contributed by atoms with Crippen LogP contribution < -0.4 is 0 Å². The minimum atomic E-state index is 0. The highest BCUT2D eigenvalue weighted by Crippen LogP contribution is 2.31. The van der Waals surface area contributed by atoms with Crippen molar-refractivity contribution in [2.75, 3.05) is 12.8 Å². The van der Waals surface area contributed by atoms with Crippen LogP contribution in [0, 0.1) is 12.8 Å². The minimum Gasteiger partial charge on any atom is -0.350 e. The molecule has 1 fully saturated rings. The third kappa shape index (κ3) is 4.05. The Balaban J connectivity index is 0.00000242. The van der Waals surface area contributed by atoms with E-state index < -0.39 is 0 Å². The monoisotopic (exact) mass is 340 g/mol. The van der Waals surface area contributed by atoms with E-state index in [4.69, 9.17) is 4.99 Å². The molecule has 0 bridgehead atoms. The molecule has 0 saturated carbocycles. The molecule has 1 unspecified atom stereocenters. The van der Waals surface area contributed by atoms with Gasteiger partial charge in [0, 0.05) is 24.4 Å². The number of amidine groups is 1. The summed E-state index contributed by atoms with van der Waals surface area (Å²) in [6.07, 6.45) is 1.19. The summed E-state index contributed by atoms with van der Waals surface area (Å²) in [5.74, 6) is 1.88. The third-order valence-corrected chi connectivity index (χ3v) is 5.45. The Morgan fingerprint density at radius 2 is 2.18 bits per heavy atom. The molecular weight excluding hydrogens is 316 g/mol. The van der Waals surface area contributed by atoms with Gasteiger partial charge in [-0.1, -0.05) is 32.0 Å². The number of thioether (sulfide) groups is 1. The van der Waals surface area contributed by atoms with Gasteiger partial charge < -0.3 is 4.90 Å². The summed E-state index contributed by atoms with van der Waals surface area (Å²) >= 11 is 1.83. The zero-order valence-electron chi connectivity index (χ0n) is 13.9. The first-order valence-corrected chi connectivity index (χ1v) is 8.48. The first-order valence-electron chi connectivity index (χ1n) is 7.50. The van der Waals surface area contributed by atoms with Crippen molar-refractivity contribution in [3.05, 3.63) is 29.3 Å². The molecule has 2 atom stereocenters. The molecule has 1 aliphatic rings. The number of hydrogen-bond donors (Lipinski definition) is 0. The lowest BCUT2D eigenvalue weighted by Gasteiger charge is -2.25. The van der Waals surface area contributed by atoms with E-state index in [1.54, 1.807) is 6.92 Å². The topological polar surface area (TPSA) is 32.7 Å². The van der Waals surface area contributed by atoms with E-state index in [0.717, 1.165) is 27.7 Å². The van der Waals surface area contributed by atoms with Crippen molar-refractivity contribution < 1.29 is 4.79 Å². The highest BCUT2D eigenvalue weighted by atomic mass is 35.5. The van der Waals surface area contributed by atoms with Crippen LogP contribution in [0.25, 0.3) is 0 Å². The van der Waals surface area contributed by atoms with Crippen molar-refractivity contribution in [1.82, 2.24) is 4.90 Å². The van der Waals surface area contributed by atoms with Crippen LogP contribution in [0.2, 0.25) is 0 Å². The Labute approximate surface area is 144 Å². The summed E-state index contributed by atoms with van der Waals surface area (Å²) in [5, 5.41) is 1.08. The standard InChI is InChI=1S/C17H24N2OS.ClH/c1-6-11(2)16-10-21-17(19(16)5)18-15-8-7-14(13(4)20)9-12(15)3;/h7-9,11,16H,6,10H2,1-5H3;1H/t11?,16-;/m1./s1. The number of carbonyl (C=O) groups is 1. The molecule has 122 valence electrons. The highest BCUT2D eigenvalue weighted by molar-refractivity contribution is 8.14. The number of Topliss-reactive ketones (excluding diaryl/α,β-unsaturated/α-hetero) is 1. The van der Waals surface area contributed by atoms with Crippen LogP contribution in [0.15, 0.2) is 23.2 Å². The Kier molecular flexibility index (Phi) is 6.95. The molecule has 5 heteroatoms. The number of aryl methyl sites for hydroxylation is 1. The van der Waals surface area contributed by atoms with E-state index in [-0.39, 0.29) is 18.2 Å². The van der Waals surface area contributed by atoms with Crippen molar-refractivity contribution in [2.24, 2.45) is 10.9 Å². The van der Waals surface area contributed by atoms with E-state index in [0.29, 0.717) is 12.0 Å². The fourth-order valence-corrected chi connectivity index (χ4v) is 3.92. The number of benzene rings is 1. The van der Waals surface area contributed by atoms with Crippen molar-refractivity contribution in [1.29, 1.82) is 0 Å². The van der Waals surface area contributed by atoms with Gasteiger partial charge in [-0.15, -0.1) is 12.4 Å². The number of hydrogen-bond acceptors (Lipinski definition) is 3. The molecule has 0 radical (unpaired) electrons. The number of nitrogens with zero attached hydrogens (tertiary/aromatic N) is 2. The minimum absolute atomic E-state index is 0. The largest absolute Gasteiger partial charge is 0.350 e. The van der Waals surface area contributed by atoms with Crippen LogP contribution in [0.5, 0.6) is 0 Å². The van der Waals surface area contributed by atoms with Crippen molar-refractivity contribution in [3.63, 3.8) is 0 Å². The van der Waals surface area contributed by atoms with Crippen LogP contribution in [0.4, 0.5) is 5.69 Å². The SMILES string of the molecule is CCC(C)[C@H]1CSC(=Nc2ccc(C(C)=O)cc2C)N1C.Cl. The average molecular weight is 341 g/mol. The van der Waals surface area contributed by atoms with E-state index in [2.05, 4.69) is 25.8 Å². The predicted octanol–water partition coefficient (Wildman–Crippen LogP) is 4.70. The van der Waals surface area contributed by atoms with Crippen LogP contribution in [-0.4, -0.2) is 34.7 Å². The quantitative estimate of drug-likeness (QED) is 0.745. The van der Waals surface area contributed by atoms with Crippen LogP contribution >= 0.6 is 24.2 Å². The fraction of sp³-hybridized carbons (Fsp3) is 0.529. The highest BCUT2D eigenvalue weighted by Gasteiger charge is 2.30. The molecule has 2 rings (SSSR count). The van der Waals surface area contributed by atoms with E-state index >= 15 is 0 Å². The summed E-state index contributed by atoms with van der Waals surface area (Å²) < 4.78 is 0. The number of halogens is 1. The van der Waals surface area contributed by atoms with Crippen LogP contribution in [-0.2, 0) is 0 Å². The number of rotatable bonds is 4. The summed E-state index contributed by atoms with van der Waals surface area (Å²) in [4.78, 5) is 18.5. The second kappa shape index (κ2) is 8.02. The van der Waals surface area contributed by atoms with Crippen molar-refractivity contribution in [3.8, 4) is 0 Å². The zero-order chi connectivity index (χ0) is 15.6. The second-order valence-corrected chi connectivity index (χ2v) is 6.81. The van der Waals surface area contributed by atoms with Gasteiger partial charge in [-0.05, 0) is 43.5 Å². The predicted molar refractivity (Wildman–Crippen MR) is 99.0 cm³/mol. The number of aliphatic imine (C=N–C) groups is 1. The zero-order valence-corrected chi connectivity index (χ0v) is 15.6.